The first-order chi connectivity index (χ1) is 18.0. The SMILES string of the molecule is Cc1ccccc1-c1noc(C2CC2)c1COC1CC2CCC(C1)N2C(=O)Nc1cccc(C(=O)O)n1. The third-order valence-corrected chi connectivity index (χ3v) is 7.76. The predicted octanol–water partition coefficient (Wildman–Crippen LogP) is 5.36. The Morgan fingerprint density at radius 1 is 1.08 bits per heavy atom. The van der Waals surface area contributed by atoms with E-state index >= 15 is 0 Å². The quantitative estimate of drug-likeness (QED) is 0.446. The lowest BCUT2D eigenvalue weighted by Crippen LogP contribution is -2.50. The molecule has 3 fully saturated rings. The first-order valence-electron chi connectivity index (χ1n) is 12.9. The molecule has 2 N–H and O–H groups in total. The number of fused-ring (bicyclic) bond motifs is 2. The van der Waals surface area contributed by atoms with Gasteiger partial charge in [-0.25, -0.2) is 14.6 Å². The van der Waals surface area contributed by atoms with Gasteiger partial charge in [-0.2, -0.15) is 0 Å². The molecule has 1 aliphatic carbocycles. The lowest BCUT2D eigenvalue weighted by atomic mass is 9.99. The fraction of sp³-hybridized carbons (Fsp3) is 0.429. The molecule has 2 aromatic heterocycles. The summed E-state index contributed by atoms with van der Waals surface area (Å²) < 4.78 is 12.3. The smallest absolute Gasteiger partial charge is 0.354 e. The molecule has 2 aliphatic heterocycles. The minimum atomic E-state index is -1.13. The number of rotatable bonds is 7. The first kappa shape index (κ1) is 23.7. The molecule has 1 aromatic carbocycles. The van der Waals surface area contributed by atoms with Crippen LogP contribution >= 0.6 is 0 Å². The van der Waals surface area contributed by atoms with Crippen molar-refractivity contribution in [3.63, 3.8) is 0 Å². The summed E-state index contributed by atoms with van der Waals surface area (Å²) in [6.45, 7) is 2.53. The number of carboxylic acid groups (broad SMARTS) is 1. The molecule has 1 saturated carbocycles. The number of urea groups is 1. The van der Waals surface area contributed by atoms with E-state index < -0.39 is 5.97 Å². The van der Waals surface area contributed by atoms with Gasteiger partial charge in [0.05, 0.1) is 12.7 Å². The fourth-order valence-corrected chi connectivity index (χ4v) is 5.77. The van der Waals surface area contributed by atoms with Crippen molar-refractivity contribution < 1.29 is 24.0 Å². The van der Waals surface area contributed by atoms with Gasteiger partial charge in [0, 0.05) is 29.1 Å². The van der Waals surface area contributed by atoms with Crippen LogP contribution in [0.3, 0.4) is 0 Å². The van der Waals surface area contributed by atoms with Crippen LogP contribution in [0, 0.1) is 6.92 Å². The Hall–Kier alpha value is -3.72. The van der Waals surface area contributed by atoms with Crippen LogP contribution in [-0.4, -0.2) is 50.3 Å². The molecule has 9 heteroatoms. The van der Waals surface area contributed by atoms with E-state index in [9.17, 15) is 14.7 Å². The van der Waals surface area contributed by atoms with Crippen molar-refractivity contribution in [1.29, 1.82) is 0 Å². The van der Waals surface area contributed by atoms with Gasteiger partial charge in [0.25, 0.3) is 0 Å². The number of nitrogens with zero attached hydrogens (tertiary/aromatic N) is 3. The van der Waals surface area contributed by atoms with Gasteiger partial charge in [0.1, 0.15) is 17.3 Å². The number of carbonyl (C=O) groups excluding carboxylic acids is 1. The third kappa shape index (κ3) is 4.71. The molecule has 3 aromatic rings. The topological polar surface area (TPSA) is 118 Å². The van der Waals surface area contributed by atoms with Gasteiger partial charge in [-0.05, 0) is 63.1 Å². The molecule has 0 radical (unpaired) electrons. The number of aryl methyl sites for hydroxylation is 1. The van der Waals surface area contributed by atoms with Crippen LogP contribution < -0.4 is 5.32 Å². The van der Waals surface area contributed by atoms with E-state index in [2.05, 4.69) is 34.5 Å². The second-order valence-electron chi connectivity index (χ2n) is 10.3. The number of ether oxygens (including phenoxy) is 1. The van der Waals surface area contributed by atoms with Crippen molar-refractivity contribution in [2.45, 2.75) is 76.2 Å². The summed E-state index contributed by atoms with van der Waals surface area (Å²) in [5, 5.41) is 16.4. The van der Waals surface area contributed by atoms with E-state index in [0.717, 1.165) is 66.7 Å². The molecule has 192 valence electrons. The number of hydrogen-bond donors (Lipinski definition) is 2. The van der Waals surface area contributed by atoms with Crippen molar-refractivity contribution in [2.75, 3.05) is 5.32 Å². The van der Waals surface area contributed by atoms with Crippen LogP contribution in [0.4, 0.5) is 10.6 Å². The minimum Gasteiger partial charge on any atom is -0.477 e. The normalized spacial score (nSPS) is 22.7. The highest BCUT2D eigenvalue weighted by molar-refractivity contribution is 5.90. The van der Waals surface area contributed by atoms with Gasteiger partial charge in [-0.3, -0.25) is 5.32 Å². The highest BCUT2D eigenvalue weighted by atomic mass is 16.5. The zero-order valence-corrected chi connectivity index (χ0v) is 20.7. The van der Waals surface area contributed by atoms with Gasteiger partial charge in [0.2, 0.25) is 0 Å². The summed E-state index contributed by atoms with van der Waals surface area (Å²) >= 11 is 0. The Morgan fingerprint density at radius 2 is 1.84 bits per heavy atom. The number of nitrogens with one attached hydrogen (secondary N) is 1. The number of amides is 2. The van der Waals surface area contributed by atoms with Gasteiger partial charge < -0.3 is 19.3 Å². The molecule has 2 bridgehead atoms. The Balaban J connectivity index is 1.13. The number of benzene rings is 1. The monoisotopic (exact) mass is 502 g/mol. The molecular formula is C28H30N4O5. The second-order valence-corrected chi connectivity index (χ2v) is 10.3. The van der Waals surface area contributed by atoms with Gasteiger partial charge in [-0.1, -0.05) is 35.5 Å². The summed E-state index contributed by atoms with van der Waals surface area (Å²) in [5.41, 5.74) is 4.05. The number of aromatic carboxylic acids is 1. The molecular weight excluding hydrogens is 472 g/mol. The van der Waals surface area contributed by atoms with Crippen molar-refractivity contribution >= 4 is 17.8 Å². The molecule has 2 saturated heterocycles. The number of carbonyl (C=O) groups is 2. The van der Waals surface area contributed by atoms with Crippen LogP contribution in [0.15, 0.2) is 47.0 Å². The molecule has 2 atom stereocenters. The van der Waals surface area contributed by atoms with Crippen molar-refractivity contribution in [3.8, 4) is 11.3 Å². The first-order valence-corrected chi connectivity index (χ1v) is 12.9. The molecule has 37 heavy (non-hydrogen) atoms. The van der Waals surface area contributed by atoms with Crippen molar-refractivity contribution in [3.05, 3.63) is 65.0 Å². The minimum absolute atomic E-state index is 0.0432. The second kappa shape index (κ2) is 9.63. The Morgan fingerprint density at radius 3 is 2.54 bits per heavy atom. The predicted molar refractivity (Wildman–Crippen MR) is 135 cm³/mol. The van der Waals surface area contributed by atoms with Crippen molar-refractivity contribution in [2.24, 2.45) is 0 Å². The Labute approximate surface area is 214 Å². The molecule has 4 heterocycles. The van der Waals surface area contributed by atoms with E-state index in [1.54, 1.807) is 12.1 Å². The summed E-state index contributed by atoms with van der Waals surface area (Å²) in [6, 6.07) is 12.7. The Kier molecular flexibility index (Phi) is 6.16. The number of piperidine rings is 1. The highest BCUT2D eigenvalue weighted by Crippen LogP contribution is 2.45. The maximum atomic E-state index is 13.1. The number of aromatic nitrogens is 2. The van der Waals surface area contributed by atoms with Gasteiger partial charge in [0.15, 0.2) is 5.69 Å². The Bertz CT molecular complexity index is 1320. The summed E-state index contributed by atoms with van der Waals surface area (Å²) in [7, 11) is 0. The molecule has 6 rings (SSSR count). The van der Waals surface area contributed by atoms with Crippen LogP contribution in [-0.2, 0) is 11.3 Å². The standard InChI is InChI=1S/C28H30N4O5/c1-16-5-2-3-6-21(16)25-22(26(37-31-25)17-9-10-17)15-36-20-13-18-11-12-19(14-20)32(18)28(35)30-24-8-4-7-23(29-24)27(33)34/h2-8,17-20H,9-15H2,1H3,(H,33,34)(H,29,30,35). The van der Waals surface area contributed by atoms with Gasteiger partial charge >= 0.3 is 12.0 Å². The summed E-state index contributed by atoms with van der Waals surface area (Å²) in [4.78, 5) is 30.2. The lowest BCUT2D eigenvalue weighted by molar-refractivity contribution is -0.0158. The van der Waals surface area contributed by atoms with Crippen LogP contribution in [0.5, 0.6) is 0 Å². The third-order valence-electron chi connectivity index (χ3n) is 7.76. The highest BCUT2D eigenvalue weighted by Gasteiger charge is 2.44. The maximum absolute atomic E-state index is 13.1. The lowest BCUT2D eigenvalue weighted by Gasteiger charge is -2.38. The van der Waals surface area contributed by atoms with E-state index in [1.165, 1.54) is 6.07 Å². The zero-order valence-electron chi connectivity index (χ0n) is 20.7. The largest absolute Gasteiger partial charge is 0.477 e. The molecule has 2 amide bonds. The van der Waals surface area contributed by atoms with E-state index in [0.29, 0.717) is 12.5 Å². The summed E-state index contributed by atoms with van der Waals surface area (Å²) in [6.07, 6.45) is 5.66. The average molecular weight is 503 g/mol. The molecule has 2 unspecified atom stereocenters. The van der Waals surface area contributed by atoms with Crippen LogP contribution in [0.25, 0.3) is 11.3 Å². The average Bonchev–Trinajstić information content (AvgIpc) is 3.59. The van der Waals surface area contributed by atoms with Gasteiger partial charge in [-0.15, -0.1) is 0 Å². The number of carboxylic acids is 1. The van der Waals surface area contributed by atoms with Crippen molar-refractivity contribution in [1.82, 2.24) is 15.0 Å². The van der Waals surface area contributed by atoms with E-state index in [-0.39, 0.29) is 35.7 Å². The maximum Gasteiger partial charge on any atom is 0.354 e. The van der Waals surface area contributed by atoms with E-state index in [1.807, 2.05) is 17.0 Å². The van der Waals surface area contributed by atoms with Crippen LogP contribution in [0.2, 0.25) is 0 Å². The molecule has 9 nitrogen and oxygen atoms in total. The fourth-order valence-electron chi connectivity index (χ4n) is 5.77. The number of anilines is 1. The molecule has 0 spiro atoms. The molecule has 3 aliphatic rings. The summed E-state index contributed by atoms with van der Waals surface area (Å²) in [5.74, 6) is 0.497. The van der Waals surface area contributed by atoms with E-state index in [4.69, 9.17) is 9.26 Å². The van der Waals surface area contributed by atoms with Crippen LogP contribution in [0.1, 0.15) is 71.8 Å². The zero-order chi connectivity index (χ0) is 25.5. The number of pyridine rings is 1. The number of hydrogen-bond acceptors (Lipinski definition) is 6.